The Morgan fingerprint density at radius 3 is 3.00 bits per heavy atom. The summed E-state index contributed by atoms with van der Waals surface area (Å²) in [4.78, 5) is 4.06. The van der Waals surface area contributed by atoms with Gasteiger partial charge in [0, 0.05) is 18.6 Å². The molecule has 0 amide bonds. The number of rotatable bonds is 6. The van der Waals surface area contributed by atoms with Gasteiger partial charge in [-0.05, 0) is 26.7 Å². The number of aromatic nitrogens is 1. The fourth-order valence-electron chi connectivity index (χ4n) is 1.47. The smallest absolute Gasteiger partial charge is 0.181 e. The van der Waals surface area contributed by atoms with Gasteiger partial charge in [0.15, 0.2) is 6.39 Å². The average molecular weight is 209 g/mol. The first-order valence-corrected chi connectivity index (χ1v) is 5.61. The first-order valence-electron chi connectivity index (χ1n) is 5.61. The molecular formula is C11H19N3O. The molecule has 15 heavy (non-hydrogen) atoms. The van der Waals surface area contributed by atoms with Crippen molar-refractivity contribution in [2.45, 2.75) is 45.3 Å². The first-order chi connectivity index (χ1) is 7.25. The molecule has 2 N–H and O–H groups in total. The Labute approximate surface area is 90.5 Å². The number of hydrogen-bond donors (Lipinski definition) is 2. The fraction of sp³-hybridized carbons (Fsp3) is 0.727. The van der Waals surface area contributed by atoms with Crippen LogP contribution >= 0.6 is 0 Å². The summed E-state index contributed by atoms with van der Waals surface area (Å²) in [5.74, 6) is 0.938. The van der Waals surface area contributed by atoms with Gasteiger partial charge in [0.2, 0.25) is 0 Å². The SMILES string of the molecule is Cc1ncoc1CNC(C)CNC1CC1. The minimum Gasteiger partial charge on any atom is -0.447 e. The van der Waals surface area contributed by atoms with Crippen LogP contribution in [0.25, 0.3) is 0 Å². The number of oxazole rings is 1. The number of aryl methyl sites for hydroxylation is 1. The second kappa shape index (κ2) is 4.77. The molecule has 0 radical (unpaired) electrons. The Hall–Kier alpha value is -0.870. The fourth-order valence-corrected chi connectivity index (χ4v) is 1.47. The summed E-state index contributed by atoms with van der Waals surface area (Å²) in [7, 11) is 0. The third-order valence-corrected chi connectivity index (χ3v) is 2.75. The molecule has 0 aromatic carbocycles. The Morgan fingerprint density at radius 2 is 2.40 bits per heavy atom. The van der Waals surface area contributed by atoms with Gasteiger partial charge < -0.3 is 15.1 Å². The summed E-state index contributed by atoms with van der Waals surface area (Å²) in [5, 5.41) is 6.91. The van der Waals surface area contributed by atoms with Gasteiger partial charge in [0.1, 0.15) is 5.76 Å². The quantitative estimate of drug-likeness (QED) is 0.739. The van der Waals surface area contributed by atoms with E-state index in [1.165, 1.54) is 19.2 Å². The van der Waals surface area contributed by atoms with Gasteiger partial charge in [0.05, 0.1) is 12.2 Å². The van der Waals surface area contributed by atoms with E-state index < -0.39 is 0 Å². The minimum absolute atomic E-state index is 0.468. The van der Waals surface area contributed by atoms with Crippen LogP contribution in [-0.4, -0.2) is 23.6 Å². The second-order valence-electron chi connectivity index (χ2n) is 4.33. The van der Waals surface area contributed by atoms with Crippen LogP contribution in [0, 0.1) is 6.92 Å². The Kier molecular flexibility index (Phi) is 3.38. The average Bonchev–Trinajstić information content (AvgIpc) is 2.96. The van der Waals surface area contributed by atoms with Crippen molar-refractivity contribution in [3.05, 3.63) is 17.8 Å². The topological polar surface area (TPSA) is 50.1 Å². The highest BCUT2D eigenvalue weighted by molar-refractivity contribution is 5.03. The van der Waals surface area contributed by atoms with Crippen molar-refractivity contribution in [1.29, 1.82) is 0 Å². The van der Waals surface area contributed by atoms with Crippen LogP contribution in [0.1, 0.15) is 31.2 Å². The lowest BCUT2D eigenvalue weighted by atomic mass is 10.3. The van der Waals surface area contributed by atoms with E-state index in [0.717, 1.165) is 30.6 Å². The minimum atomic E-state index is 0.468. The standard InChI is InChI=1S/C11H19N3O/c1-8(5-13-10-3-4-10)12-6-11-9(2)14-7-15-11/h7-8,10,12-13H,3-6H2,1-2H3. The number of hydrogen-bond acceptors (Lipinski definition) is 4. The molecular weight excluding hydrogens is 190 g/mol. The monoisotopic (exact) mass is 209 g/mol. The maximum Gasteiger partial charge on any atom is 0.181 e. The van der Waals surface area contributed by atoms with Crippen molar-refractivity contribution >= 4 is 0 Å². The molecule has 1 aliphatic carbocycles. The van der Waals surface area contributed by atoms with Crippen molar-refractivity contribution in [3.8, 4) is 0 Å². The molecule has 1 saturated carbocycles. The Balaban J connectivity index is 1.65. The predicted molar refractivity (Wildman–Crippen MR) is 58.6 cm³/mol. The summed E-state index contributed by atoms with van der Waals surface area (Å²) in [6.45, 7) is 5.94. The molecule has 1 aromatic rings. The third kappa shape index (κ3) is 3.32. The van der Waals surface area contributed by atoms with Gasteiger partial charge in [-0.25, -0.2) is 4.98 Å². The molecule has 2 rings (SSSR count). The van der Waals surface area contributed by atoms with Crippen LogP contribution in [0.5, 0.6) is 0 Å². The Morgan fingerprint density at radius 1 is 1.60 bits per heavy atom. The zero-order valence-corrected chi connectivity index (χ0v) is 9.42. The van der Waals surface area contributed by atoms with Crippen molar-refractivity contribution in [2.24, 2.45) is 0 Å². The van der Waals surface area contributed by atoms with E-state index in [0.29, 0.717) is 6.04 Å². The molecule has 0 bridgehead atoms. The highest BCUT2D eigenvalue weighted by atomic mass is 16.3. The molecule has 1 aromatic heterocycles. The number of nitrogens with one attached hydrogen (secondary N) is 2. The predicted octanol–water partition coefficient (Wildman–Crippen LogP) is 1.21. The lowest BCUT2D eigenvalue weighted by molar-refractivity contribution is 0.438. The number of nitrogens with zero attached hydrogens (tertiary/aromatic N) is 1. The zero-order chi connectivity index (χ0) is 10.7. The van der Waals surface area contributed by atoms with Gasteiger partial charge >= 0.3 is 0 Å². The normalized spacial score (nSPS) is 18.0. The van der Waals surface area contributed by atoms with Crippen LogP contribution in [0.2, 0.25) is 0 Å². The van der Waals surface area contributed by atoms with Crippen LogP contribution in [0.4, 0.5) is 0 Å². The van der Waals surface area contributed by atoms with E-state index in [9.17, 15) is 0 Å². The highest BCUT2D eigenvalue weighted by Gasteiger charge is 2.20. The summed E-state index contributed by atoms with van der Waals surface area (Å²) < 4.78 is 5.26. The molecule has 1 aliphatic rings. The van der Waals surface area contributed by atoms with E-state index in [-0.39, 0.29) is 0 Å². The molecule has 0 saturated heterocycles. The van der Waals surface area contributed by atoms with E-state index in [2.05, 4.69) is 22.5 Å². The van der Waals surface area contributed by atoms with E-state index in [4.69, 9.17) is 4.42 Å². The van der Waals surface area contributed by atoms with Crippen LogP contribution in [0.15, 0.2) is 10.8 Å². The molecule has 4 nitrogen and oxygen atoms in total. The second-order valence-corrected chi connectivity index (χ2v) is 4.33. The van der Waals surface area contributed by atoms with Gasteiger partial charge in [0.25, 0.3) is 0 Å². The summed E-state index contributed by atoms with van der Waals surface area (Å²) in [5.41, 5.74) is 0.977. The first kappa shape index (κ1) is 10.6. The van der Waals surface area contributed by atoms with E-state index in [1.807, 2.05) is 6.92 Å². The van der Waals surface area contributed by atoms with Crippen molar-refractivity contribution in [3.63, 3.8) is 0 Å². The third-order valence-electron chi connectivity index (χ3n) is 2.75. The van der Waals surface area contributed by atoms with Crippen LogP contribution in [-0.2, 0) is 6.54 Å². The van der Waals surface area contributed by atoms with Crippen molar-refractivity contribution < 1.29 is 4.42 Å². The van der Waals surface area contributed by atoms with Crippen LogP contribution < -0.4 is 10.6 Å². The molecule has 4 heteroatoms. The van der Waals surface area contributed by atoms with E-state index in [1.54, 1.807) is 0 Å². The summed E-state index contributed by atoms with van der Waals surface area (Å²) in [6.07, 6.45) is 4.18. The van der Waals surface area contributed by atoms with E-state index >= 15 is 0 Å². The van der Waals surface area contributed by atoms with Crippen molar-refractivity contribution in [1.82, 2.24) is 15.6 Å². The molecule has 0 aliphatic heterocycles. The molecule has 1 heterocycles. The largest absolute Gasteiger partial charge is 0.447 e. The van der Waals surface area contributed by atoms with Gasteiger partial charge in [-0.1, -0.05) is 0 Å². The summed E-state index contributed by atoms with van der Waals surface area (Å²) >= 11 is 0. The highest BCUT2D eigenvalue weighted by Crippen LogP contribution is 2.18. The van der Waals surface area contributed by atoms with Crippen LogP contribution in [0.3, 0.4) is 0 Å². The molecule has 1 unspecified atom stereocenters. The summed E-state index contributed by atoms with van der Waals surface area (Å²) in [6, 6.07) is 1.25. The maximum absolute atomic E-state index is 5.26. The molecule has 0 spiro atoms. The van der Waals surface area contributed by atoms with Crippen molar-refractivity contribution in [2.75, 3.05) is 6.54 Å². The molecule has 84 valence electrons. The Bertz CT molecular complexity index is 307. The molecule has 1 atom stereocenters. The lowest BCUT2D eigenvalue weighted by Gasteiger charge is -2.13. The zero-order valence-electron chi connectivity index (χ0n) is 9.42. The maximum atomic E-state index is 5.26. The molecule has 1 fully saturated rings. The lowest BCUT2D eigenvalue weighted by Crippen LogP contribution is -2.36. The van der Waals surface area contributed by atoms with Gasteiger partial charge in [-0.2, -0.15) is 0 Å². The van der Waals surface area contributed by atoms with Gasteiger partial charge in [-0.3, -0.25) is 0 Å². The van der Waals surface area contributed by atoms with Gasteiger partial charge in [-0.15, -0.1) is 0 Å².